The first kappa shape index (κ1) is 13.0. The molecule has 0 saturated heterocycles. The molecule has 1 rings (SSSR count). The molecule has 0 atom stereocenters. The van der Waals surface area contributed by atoms with Crippen molar-refractivity contribution in [3.63, 3.8) is 0 Å². The molecular formula is C12H21NO3. The summed E-state index contributed by atoms with van der Waals surface area (Å²) < 4.78 is 4.80. The van der Waals surface area contributed by atoms with Gasteiger partial charge in [0.25, 0.3) is 0 Å². The smallest absolute Gasteiger partial charge is 0.331 e. The van der Waals surface area contributed by atoms with Gasteiger partial charge in [0.1, 0.15) is 5.54 Å². The van der Waals surface area contributed by atoms with E-state index >= 15 is 0 Å². The Morgan fingerprint density at radius 3 is 2.06 bits per heavy atom. The Morgan fingerprint density at radius 1 is 1.19 bits per heavy atom. The first-order valence-electron chi connectivity index (χ1n) is 5.73. The standard InChI is InChI=1S/C12H21NO3/c1-11(2,3)9(14)13-12(10(15)16-4)7-5-6-8-12/h5-8H2,1-4H3,(H,13,14). The molecule has 0 aromatic heterocycles. The highest BCUT2D eigenvalue weighted by Gasteiger charge is 2.44. The van der Waals surface area contributed by atoms with Gasteiger partial charge in [-0.25, -0.2) is 4.79 Å². The zero-order chi connectivity index (χ0) is 12.4. The molecule has 1 fully saturated rings. The zero-order valence-electron chi connectivity index (χ0n) is 10.6. The van der Waals surface area contributed by atoms with Crippen LogP contribution in [-0.4, -0.2) is 24.5 Å². The van der Waals surface area contributed by atoms with Gasteiger partial charge in [-0.3, -0.25) is 4.79 Å². The van der Waals surface area contributed by atoms with Crippen LogP contribution in [0.15, 0.2) is 0 Å². The molecular weight excluding hydrogens is 206 g/mol. The summed E-state index contributed by atoms with van der Waals surface area (Å²) in [7, 11) is 1.37. The van der Waals surface area contributed by atoms with E-state index in [1.807, 2.05) is 20.8 Å². The molecule has 0 heterocycles. The third-order valence-corrected chi connectivity index (χ3v) is 3.07. The molecule has 0 aromatic carbocycles. The molecule has 4 heteroatoms. The maximum atomic E-state index is 11.9. The second-order valence-electron chi connectivity index (χ2n) is 5.48. The van der Waals surface area contributed by atoms with Crippen LogP contribution in [0.1, 0.15) is 46.5 Å². The Labute approximate surface area is 96.7 Å². The topological polar surface area (TPSA) is 55.4 Å². The molecule has 1 saturated carbocycles. The van der Waals surface area contributed by atoms with Gasteiger partial charge in [-0.15, -0.1) is 0 Å². The molecule has 1 N–H and O–H groups in total. The Bertz CT molecular complexity index is 285. The van der Waals surface area contributed by atoms with Crippen molar-refractivity contribution < 1.29 is 14.3 Å². The van der Waals surface area contributed by atoms with E-state index in [9.17, 15) is 9.59 Å². The lowest BCUT2D eigenvalue weighted by Crippen LogP contribution is -2.55. The maximum absolute atomic E-state index is 11.9. The van der Waals surface area contributed by atoms with E-state index in [4.69, 9.17) is 4.74 Å². The van der Waals surface area contributed by atoms with E-state index in [1.54, 1.807) is 0 Å². The molecule has 92 valence electrons. The van der Waals surface area contributed by atoms with E-state index in [0.717, 1.165) is 12.8 Å². The van der Waals surface area contributed by atoms with Crippen LogP contribution >= 0.6 is 0 Å². The summed E-state index contributed by atoms with van der Waals surface area (Å²) in [6, 6.07) is 0. The lowest BCUT2D eigenvalue weighted by Gasteiger charge is -2.30. The van der Waals surface area contributed by atoms with Crippen LogP contribution in [0, 0.1) is 5.41 Å². The summed E-state index contributed by atoms with van der Waals surface area (Å²) in [6.07, 6.45) is 3.28. The Balaban J connectivity index is 2.81. The number of carbonyl (C=O) groups excluding carboxylic acids is 2. The van der Waals surface area contributed by atoms with Crippen molar-refractivity contribution in [1.29, 1.82) is 0 Å². The Morgan fingerprint density at radius 2 is 1.69 bits per heavy atom. The van der Waals surface area contributed by atoms with Crippen LogP contribution in [0.4, 0.5) is 0 Å². The van der Waals surface area contributed by atoms with Crippen LogP contribution in [0.5, 0.6) is 0 Å². The summed E-state index contributed by atoms with van der Waals surface area (Å²) in [4.78, 5) is 23.7. The Kier molecular flexibility index (Phi) is 3.61. The SMILES string of the molecule is COC(=O)C1(NC(=O)C(C)(C)C)CCCC1. The number of carbonyl (C=O) groups is 2. The van der Waals surface area contributed by atoms with Crippen molar-refractivity contribution >= 4 is 11.9 Å². The summed E-state index contributed by atoms with van der Waals surface area (Å²) in [5, 5.41) is 2.87. The highest BCUT2D eigenvalue weighted by molar-refractivity contribution is 5.90. The number of rotatable bonds is 2. The minimum atomic E-state index is -0.779. The molecule has 0 aliphatic heterocycles. The van der Waals surface area contributed by atoms with Crippen molar-refractivity contribution in [3.8, 4) is 0 Å². The van der Waals surface area contributed by atoms with E-state index in [2.05, 4.69) is 5.32 Å². The lowest BCUT2D eigenvalue weighted by molar-refractivity contribution is -0.152. The van der Waals surface area contributed by atoms with Crippen molar-refractivity contribution in [3.05, 3.63) is 0 Å². The monoisotopic (exact) mass is 227 g/mol. The van der Waals surface area contributed by atoms with Gasteiger partial charge in [0.15, 0.2) is 0 Å². The van der Waals surface area contributed by atoms with Gasteiger partial charge in [0.2, 0.25) is 5.91 Å². The van der Waals surface area contributed by atoms with Crippen LogP contribution < -0.4 is 5.32 Å². The van der Waals surface area contributed by atoms with E-state index in [1.165, 1.54) is 7.11 Å². The highest BCUT2D eigenvalue weighted by Crippen LogP contribution is 2.32. The van der Waals surface area contributed by atoms with Gasteiger partial charge in [-0.05, 0) is 12.8 Å². The Hall–Kier alpha value is -1.06. The van der Waals surface area contributed by atoms with Crippen LogP contribution in [0.2, 0.25) is 0 Å². The van der Waals surface area contributed by atoms with Crippen molar-refractivity contribution in [2.75, 3.05) is 7.11 Å². The summed E-state index contributed by atoms with van der Waals surface area (Å²) in [5.74, 6) is -0.414. The first-order chi connectivity index (χ1) is 7.32. The lowest BCUT2D eigenvalue weighted by atomic mass is 9.91. The number of nitrogens with one attached hydrogen (secondary N) is 1. The first-order valence-corrected chi connectivity index (χ1v) is 5.73. The normalized spacial score (nSPS) is 19.2. The van der Waals surface area contributed by atoms with Crippen LogP contribution in [-0.2, 0) is 14.3 Å². The number of methoxy groups -OCH3 is 1. The molecule has 0 aromatic rings. The zero-order valence-corrected chi connectivity index (χ0v) is 10.6. The maximum Gasteiger partial charge on any atom is 0.331 e. The fourth-order valence-corrected chi connectivity index (χ4v) is 1.96. The average Bonchev–Trinajstić information content (AvgIpc) is 2.65. The van der Waals surface area contributed by atoms with E-state index in [0.29, 0.717) is 12.8 Å². The van der Waals surface area contributed by atoms with E-state index < -0.39 is 11.0 Å². The summed E-state index contributed by atoms with van der Waals surface area (Å²) in [5.41, 5.74) is -1.26. The molecule has 0 radical (unpaired) electrons. The fraction of sp³-hybridized carbons (Fsp3) is 0.833. The van der Waals surface area contributed by atoms with Crippen LogP contribution in [0.25, 0.3) is 0 Å². The van der Waals surface area contributed by atoms with Gasteiger partial charge in [0.05, 0.1) is 7.11 Å². The molecule has 16 heavy (non-hydrogen) atoms. The molecule has 0 bridgehead atoms. The summed E-state index contributed by atoms with van der Waals surface area (Å²) >= 11 is 0. The predicted octanol–water partition coefficient (Wildman–Crippen LogP) is 1.63. The highest BCUT2D eigenvalue weighted by atomic mass is 16.5. The average molecular weight is 227 g/mol. The second-order valence-corrected chi connectivity index (χ2v) is 5.48. The third-order valence-electron chi connectivity index (χ3n) is 3.07. The van der Waals surface area contributed by atoms with E-state index in [-0.39, 0.29) is 11.9 Å². The summed E-state index contributed by atoms with van der Waals surface area (Å²) in [6.45, 7) is 5.51. The molecule has 4 nitrogen and oxygen atoms in total. The van der Waals surface area contributed by atoms with Crippen molar-refractivity contribution in [1.82, 2.24) is 5.32 Å². The number of esters is 1. The number of ether oxygens (including phenoxy) is 1. The largest absolute Gasteiger partial charge is 0.467 e. The molecule has 1 aliphatic carbocycles. The minimum absolute atomic E-state index is 0.0974. The molecule has 0 spiro atoms. The predicted molar refractivity (Wildman–Crippen MR) is 60.8 cm³/mol. The number of amides is 1. The van der Waals surface area contributed by atoms with Crippen molar-refractivity contribution in [2.24, 2.45) is 5.41 Å². The minimum Gasteiger partial charge on any atom is -0.467 e. The molecule has 0 unspecified atom stereocenters. The molecule has 1 amide bonds. The van der Waals surface area contributed by atoms with Gasteiger partial charge >= 0.3 is 5.97 Å². The van der Waals surface area contributed by atoms with Crippen molar-refractivity contribution in [2.45, 2.75) is 52.0 Å². The van der Waals surface area contributed by atoms with Gasteiger partial charge in [-0.1, -0.05) is 33.6 Å². The van der Waals surface area contributed by atoms with Gasteiger partial charge < -0.3 is 10.1 Å². The van der Waals surface area contributed by atoms with Crippen LogP contribution in [0.3, 0.4) is 0 Å². The fourth-order valence-electron chi connectivity index (χ4n) is 1.96. The second kappa shape index (κ2) is 4.44. The number of hydrogen-bond donors (Lipinski definition) is 1. The third kappa shape index (κ3) is 2.54. The van der Waals surface area contributed by atoms with Gasteiger partial charge in [0, 0.05) is 5.41 Å². The van der Waals surface area contributed by atoms with Gasteiger partial charge in [-0.2, -0.15) is 0 Å². The number of hydrogen-bond acceptors (Lipinski definition) is 3. The molecule has 1 aliphatic rings. The quantitative estimate of drug-likeness (QED) is 0.729.